The Hall–Kier alpha value is -0.990. The van der Waals surface area contributed by atoms with E-state index < -0.39 is 0 Å². The minimum atomic E-state index is 0. The van der Waals surface area contributed by atoms with E-state index in [1.165, 1.54) is 0 Å². The van der Waals surface area contributed by atoms with Crippen molar-refractivity contribution in [2.75, 3.05) is 0 Å². The van der Waals surface area contributed by atoms with Crippen LogP contribution in [-0.4, -0.2) is 12.7 Å². The van der Waals surface area contributed by atoms with Gasteiger partial charge in [0, 0.05) is 25.8 Å². The van der Waals surface area contributed by atoms with Crippen LogP contribution in [0, 0.1) is 11.1 Å². The molecule has 0 aliphatic heterocycles. The molecule has 0 saturated heterocycles. The smallest absolute Gasteiger partial charge is 0.156 e. The largest absolute Gasteiger partial charge is 0.322 e. The molecule has 0 amide bonds. The number of hydrogen-bond acceptors (Lipinski definition) is 6. The van der Waals surface area contributed by atoms with Gasteiger partial charge in [0.2, 0.25) is 0 Å². The second-order valence-corrected chi connectivity index (χ2v) is 0.787. The predicted octanol–water partition coefficient (Wildman–Crippen LogP) is -0.164. The molecule has 0 bridgehead atoms. The number of nitrogens with zero attached hydrogens (tertiary/aromatic N) is 4. The third kappa shape index (κ3) is 48.9. The van der Waals surface area contributed by atoms with Gasteiger partial charge >= 0.3 is 0 Å². The van der Waals surface area contributed by atoms with Gasteiger partial charge in [0.1, 0.15) is 0 Å². The molecule has 0 saturated carbocycles. The van der Waals surface area contributed by atoms with E-state index in [1.54, 1.807) is 0 Å². The fraction of sp³-hybridized carbons (Fsp3) is 0. The molecule has 6 N–H and O–H groups in total. The van der Waals surface area contributed by atoms with E-state index in [0.29, 0.717) is 0 Å². The molecule has 0 aromatic rings. The van der Waals surface area contributed by atoms with Crippen molar-refractivity contribution in [2.24, 2.45) is 32.1 Å². The average Bonchev–Trinajstić information content (AvgIpc) is 1.93. The molecule has 11 heavy (non-hydrogen) atoms. The molecule has 0 aliphatic rings. The van der Waals surface area contributed by atoms with Gasteiger partial charge in [0.25, 0.3) is 0 Å². The van der Waals surface area contributed by atoms with Gasteiger partial charge in [-0.3, -0.25) is 0 Å². The predicted molar refractivity (Wildman–Crippen MR) is 35.7 cm³/mol. The van der Waals surface area contributed by atoms with Crippen molar-refractivity contribution >= 4 is 12.7 Å². The van der Waals surface area contributed by atoms with Gasteiger partial charge in [-0.2, -0.15) is 10.2 Å². The van der Waals surface area contributed by atoms with Crippen molar-refractivity contribution in [1.82, 2.24) is 0 Å². The van der Waals surface area contributed by atoms with Crippen LogP contribution >= 0.6 is 0 Å². The second-order valence-electron chi connectivity index (χ2n) is 0.787. The summed E-state index contributed by atoms with van der Waals surface area (Å²) in [7, 11) is 0. The molecule has 0 heterocycles. The molecule has 0 spiro atoms. The van der Waals surface area contributed by atoms with Crippen LogP contribution in [0.4, 0.5) is 0 Å². The van der Waals surface area contributed by atoms with E-state index in [1.807, 2.05) is 0 Å². The Labute approximate surface area is 81.9 Å². The molecule has 0 aliphatic carbocycles. The van der Waals surface area contributed by atoms with Crippen molar-refractivity contribution in [2.45, 2.75) is 0 Å². The molecule has 0 atom stereocenters. The first-order valence-corrected chi connectivity index (χ1v) is 2.00. The van der Waals surface area contributed by atoms with Crippen LogP contribution in [0.5, 0.6) is 0 Å². The Morgan fingerprint density at radius 1 is 0.909 bits per heavy atom. The molecule has 8 nitrogen and oxygen atoms in total. The van der Waals surface area contributed by atoms with Crippen molar-refractivity contribution < 1.29 is 25.8 Å². The van der Waals surface area contributed by atoms with Crippen LogP contribution < -0.4 is 11.7 Å². The van der Waals surface area contributed by atoms with Crippen LogP contribution in [0.3, 0.4) is 0 Å². The number of nitrogens with one attached hydrogen (secondary N) is 2. The quantitative estimate of drug-likeness (QED) is 0.139. The number of hydrazone groups is 2. The maximum atomic E-state index is 6.00. The van der Waals surface area contributed by atoms with E-state index in [9.17, 15) is 0 Å². The summed E-state index contributed by atoms with van der Waals surface area (Å²) in [5, 5.41) is 11.1. The number of hydrogen-bond donors (Lipinski definition) is 4. The summed E-state index contributed by atoms with van der Waals surface area (Å²) in [4.78, 5) is 0. The first kappa shape index (κ1) is 16.5. The molecule has 0 aromatic heterocycles. The van der Waals surface area contributed by atoms with Gasteiger partial charge in [-0.1, -0.05) is 0 Å². The van der Waals surface area contributed by atoms with E-state index in [4.69, 9.17) is 11.1 Å². The first-order chi connectivity index (χ1) is 4.83. The van der Waals surface area contributed by atoms with E-state index >= 15 is 0 Å². The average molecular weight is 323 g/mol. The molecule has 0 rings (SSSR count). The van der Waals surface area contributed by atoms with Crippen LogP contribution in [0.25, 0.3) is 0 Å². The summed E-state index contributed by atoms with van der Waals surface area (Å²) in [5.74, 6) is 8.99. The summed E-state index contributed by atoms with van der Waals surface area (Å²) >= 11 is 0. The van der Waals surface area contributed by atoms with Crippen LogP contribution in [0.1, 0.15) is 0 Å². The Kier molecular flexibility index (Phi) is 34.6. The summed E-state index contributed by atoms with van der Waals surface area (Å²) in [6, 6.07) is 0. The molecular formula is C2H8HfN8. The fourth-order valence-corrected chi connectivity index (χ4v) is 0.0667. The van der Waals surface area contributed by atoms with Crippen LogP contribution in [0.15, 0.2) is 20.4 Å². The zero-order valence-corrected chi connectivity index (χ0v) is 9.19. The van der Waals surface area contributed by atoms with Gasteiger partial charge < -0.3 is 11.7 Å². The van der Waals surface area contributed by atoms with Crippen LogP contribution in [-0.2, 0) is 25.8 Å². The molecular weight excluding hydrogens is 315 g/mol. The maximum Gasteiger partial charge on any atom is 0.156 e. The van der Waals surface area contributed by atoms with Gasteiger partial charge in [0.05, 0.1) is 0 Å². The first-order valence-electron chi connectivity index (χ1n) is 2.00. The number of nitrogens with two attached hydrogens (primary N) is 2. The Morgan fingerprint density at radius 2 is 1.18 bits per heavy atom. The van der Waals surface area contributed by atoms with E-state index in [2.05, 4.69) is 32.1 Å². The third-order valence-corrected chi connectivity index (χ3v) is 0.249. The summed E-state index contributed by atoms with van der Waals surface area (Å²) in [5.41, 5.74) is 12.0. The summed E-state index contributed by atoms with van der Waals surface area (Å²) in [6.07, 6.45) is 1.89. The zero-order valence-electron chi connectivity index (χ0n) is 5.60. The topological polar surface area (TPSA) is 149 Å². The summed E-state index contributed by atoms with van der Waals surface area (Å²) in [6.45, 7) is 0. The van der Waals surface area contributed by atoms with E-state index in [0.717, 1.165) is 12.7 Å². The van der Waals surface area contributed by atoms with Crippen molar-refractivity contribution in [1.29, 1.82) is 11.1 Å². The minimum absolute atomic E-state index is 0. The number of rotatable bonds is 2. The zero-order chi connectivity index (χ0) is 8.24. The summed E-state index contributed by atoms with van der Waals surface area (Å²) < 4.78 is 0. The second kappa shape index (κ2) is 23.0. The molecule has 60 valence electrons. The fourth-order valence-electron chi connectivity index (χ4n) is 0.0667. The van der Waals surface area contributed by atoms with Crippen molar-refractivity contribution in [3.05, 3.63) is 0 Å². The van der Waals surface area contributed by atoms with Crippen molar-refractivity contribution in [3.63, 3.8) is 0 Å². The molecule has 0 radical (unpaired) electrons. The van der Waals surface area contributed by atoms with Crippen molar-refractivity contribution in [3.8, 4) is 0 Å². The Bertz CT molecular complexity index is 112. The SMILES string of the molecule is N=NC=NN.N=NC=NN.[Hf]. The van der Waals surface area contributed by atoms with Gasteiger partial charge in [0.15, 0.2) is 12.7 Å². The molecule has 0 aromatic carbocycles. The third-order valence-electron chi connectivity index (χ3n) is 0.249. The maximum absolute atomic E-state index is 6.00. The van der Waals surface area contributed by atoms with Gasteiger partial charge in [-0.15, -0.1) is 10.2 Å². The molecule has 0 unspecified atom stereocenters. The minimum Gasteiger partial charge on any atom is -0.322 e. The van der Waals surface area contributed by atoms with Gasteiger partial charge in [-0.05, 0) is 0 Å². The normalized spacial score (nSPS) is 8.00. The standard InChI is InChI=1S/2CH4N4.Hf/c2*2-4-1-5-3;/h2*1-2H,3H2;. The van der Waals surface area contributed by atoms with E-state index in [-0.39, 0.29) is 25.8 Å². The molecule has 0 fully saturated rings. The monoisotopic (exact) mass is 324 g/mol. The van der Waals surface area contributed by atoms with Crippen LogP contribution in [0.2, 0.25) is 0 Å². The Balaban J connectivity index is -0.000000107. The van der Waals surface area contributed by atoms with Gasteiger partial charge in [-0.25, -0.2) is 11.1 Å². The Morgan fingerprint density at radius 3 is 1.18 bits per heavy atom. The molecule has 9 heteroatoms.